The van der Waals surface area contributed by atoms with Crippen LogP contribution in [-0.4, -0.2) is 46.2 Å². The van der Waals surface area contributed by atoms with Crippen LogP contribution in [0.1, 0.15) is 60.7 Å². The highest BCUT2D eigenvalue weighted by atomic mass is 19.4. The number of carbonyl (C=O) groups is 1. The molecule has 2 fully saturated rings. The zero-order valence-corrected chi connectivity index (χ0v) is 14.3. The summed E-state index contributed by atoms with van der Waals surface area (Å²) in [5.41, 5.74) is 0.991. The lowest BCUT2D eigenvalue weighted by Crippen LogP contribution is -2.40. The van der Waals surface area contributed by atoms with Gasteiger partial charge in [0.1, 0.15) is 0 Å². The SMILES string of the molecule is Cc1c(C(=O)NC2CCC(C(F)(F)F)CC2)nnn1C1CCNCC1. The Morgan fingerprint density at radius 2 is 1.80 bits per heavy atom. The fourth-order valence-corrected chi connectivity index (χ4v) is 3.77. The van der Waals surface area contributed by atoms with Gasteiger partial charge in [-0.15, -0.1) is 5.10 Å². The van der Waals surface area contributed by atoms with Crippen molar-refractivity contribution in [3.05, 3.63) is 11.4 Å². The van der Waals surface area contributed by atoms with Crippen LogP contribution in [0.5, 0.6) is 0 Å². The molecule has 1 aliphatic carbocycles. The monoisotopic (exact) mass is 359 g/mol. The van der Waals surface area contributed by atoms with Gasteiger partial charge in [0, 0.05) is 6.04 Å². The number of carbonyl (C=O) groups excluding carboxylic acids is 1. The number of alkyl halides is 3. The minimum Gasteiger partial charge on any atom is -0.348 e. The van der Waals surface area contributed by atoms with Crippen molar-refractivity contribution >= 4 is 5.91 Å². The average molecular weight is 359 g/mol. The summed E-state index contributed by atoms with van der Waals surface area (Å²) in [6, 6.07) is 0.00653. The van der Waals surface area contributed by atoms with E-state index in [0.29, 0.717) is 18.5 Å². The van der Waals surface area contributed by atoms with E-state index in [-0.39, 0.29) is 36.5 Å². The predicted octanol–water partition coefficient (Wildman–Crippen LogP) is 2.36. The zero-order valence-electron chi connectivity index (χ0n) is 14.3. The van der Waals surface area contributed by atoms with Crippen LogP contribution in [0.15, 0.2) is 0 Å². The van der Waals surface area contributed by atoms with Crippen LogP contribution in [0, 0.1) is 12.8 Å². The Morgan fingerprint density at radius 1 is 1.16 bits per heavy atom. The van der Waals surface area contributed by atoms with E-state index < -0.39 is 12.1 Å². The molecule has 0 spiro atoms. The number of hydrogen-bond acceptors (Lipinski definition) is 4. The van der Waals surface area contributed by atoms with E-state index in [1.807, 2.05) is 6.92 Å². The molecule has 0 unspecified atom stereocenters. The van der Waals surface area contributed by atoms with Crippen LogP contribution in [0.2, 0.25) is 0 Å². The molecule has 9 heteroatoms. The van der Waals surface area contributed by atoms with E-state index >= 15 is 0 Å². The summed E-state index contributed by atoms with van der Waals surface area (Å²) in [4.78, 5) is 12.4. The Labute approximate surface area is 144 Å². The lowest BCUT2D eigenvalue weighted by atomic mass is 9.85. The minimum absolute atomic E-state index is 0.0647. The Kier molecular flexibility index (Phi) is 5.31. The number of piperidine rings is 1. The van der Waals surface area contributed by atoms with Crippen LogP contribution < -0.4 is 10.6 Å². The molecule has 1 aliphatic heterocycles. The molecule has 0 aromatic carbocycles. The largest absolute Gasteiger partial charge is 0.391 e. The third kappa shape index (κ3) is 4.13. The quantitative estimate of drug-likeness (QED) is 0.869. The van der Waals surface area contributed by atoms with E-state index in [1.165, 1.54) is 0 Å². The topological polar surface area (TPSA) is 71.8 Å². The van der Waals surface area contributed by atoms with Gasteiger partial charge >= 0.3 is 6.18 Å². The van der Waals surface area contributed by atoms with Gasteiger partial charge in [-0.1, -0.05) is 5.21 Å². The Bertz CT molecular complexity index is 601. The molecular weight excluding hydrogens is 335 g/mol. The van der Waals surface area contributed by atoms with Crippen molar-refractivity contribution in [2.24, 2.45) is 5.92 Å². The minimum atomic E-state index is -4.14. The first kappa shape index (κ1) is 18.2. The molecular formula is C16H24F3N5O. The Hall–Kier alpha value is -1.64. The number of nitrogens with one attached hydrogen (secondary N) is 2. The maximum Gasteiger partial charge on any atom is 0.391 e. The molecule has 0 atom stereocenters. The highest BCUT2D eigenvalue weighted by Crippen LogP contribution is 2.37. The molecule has 2 aliphatic rings. The van der Waals surface area contributed by atoms with Gasteiger partial charge in [0.15, 0.2) is 5.69 Å². The van der Waals surface area contributed by atoms with Crippen LogP contribution >= 0.6 is 0 Å². The number of nitrogens with zero attached hydrogens (tertiary/aromatic N) is 3. The third-order valence-corrected chi connectivity index (χ3v) is 5.32. The first-order chi connectivity index (χ1) is 11.9. The molecule has 1 saturated heterocycles. The van der Waals surface area contributed by atoms with Gasteiger partial charge in [0.2, 0.25) is 0 Å². The number of halogens is 3. The summed E-state index contributed by atoms with van der Waals surface area (Å²) in [6.45, 7) is 3.64. The maximum atomic E-state index is 12.7. The van der Waals surface area contributed by atoms with Gasteiger partial charge in [-0.3, -0.25) is 4.79 Å². The van der Waals surface area contributed by atoms with E-state index in [4.69, 9.17) is 0 Å². The van der Waals surface area contributed by atoms with Gasteiger partial charge in [-0.25, -0.2) is 4.68 Å². The van der Waals surface area contributed by atoms with Crippen LogP contribution in [0.4, 0.5) is 13.2 Å². The molecule has 1 saturated carbocycles. The summed E-state index contributed by atoms with van der Waals surface area (Å²) >= 11 is 0. The van der Waals surface area contributed by atoms with Crippen LogP contribution in [0.3, 0.4) is 0 Å². The van der Waals surface area contributed by atoms with Gasteiger partial charge < -0.3 is 10.6 Å². The number of rotatable bonds is 3. The molecule has 6 nitrogen and oxygen atoms in total. The van der Waals surface area contributed by atoms with E-state index in [0.717, 1.165) is 25.9 Å². The molecule has 1 aromatic heterocycles. The highest BCUT2D eigenvalue weighted by molar-refractivity contribution is 5.93. The smallest absolute Gasteiger partial charge is 0.348 e. The fourth-order valence-electron chi connectivity index (χ4n) is 3.77. The van der Waals surface area contributed by atoms with Gasteiger partial charge in [0.05, 0.1) is 17.7 Å². The Morgan fingerprint density at radius 3 is 2.40 bits per heavy atom. The molecule has 2 N–H and O–H groups in total. The summed E-state index contributed by atoms with van der Waals surface area (Å²) in [6.07, 6.45) is -1.44. The lowest BCUT2D eigenvalue weighted by Gasteiger charge is -2.30. The highest BCUT2D eigenvalue weighted by Gasteiger charge is 2.41. The van der Waals surface area contributed by atoms with E-state index in [1.54, 1.807) is 4.68 Å². The normalized spacial score (nSPS) is 25.8. The summed E-state index contributed by atoms with van der Waals surface area (Å²) in [5.74, 6) is -1.59. The van der Waals surface area contributed by atoms with Crippen molar-refractivity contribution in [2.45, 2.75) is 63.7 Å². The van der Waals surface area contributed by atoms with Crippen LogP contribution in [-0.2, 0) is 0 Å². The van der Waals surface area contributed by atoms with E-state index in [9.17, 15) is 18.0 Å². The van der Waals surface area contributed by atoms with Crippen molar-refractivity contribution in [3.8, 4) is 0 Å². The summed E-state index contributed by atoms with van der Waals surface area (Å²) in [5, 5.41) is 14.2. The van der Waals surface area contributed by atoms with Crippen molar-refractivity contribution in [3.63, 3.8) is 0 Å². The second kappa shape index (κ2) is 7.31. The number of amides is 1. The summed E-state index contributed by atoms with van der Waals surface area (Å²) in [7, 11) is 0. The molecule has 25 heavy (non-hydrogen) atoms. The first-order valence-corrected chi connectivity index (χ1v) is 8.86. The maximum absolute atomic E-state index is 12.7. The number of aromatic nitrogens is 3. The lowest BCUT2D eigenvalue weighted by molar-refractivity contribution is -0.182. The van der Waals surface area contributed by atoms with Gasteiger partial charge in [0.25, 0.3) is 5.91 Å². The molecule has 0 bridgehead atoms. The molecule has 3 rings (SSSR count). The van der Waals surface area contributed by atoms with E-state index in [2.05, 4.69) is 20.9 Å². The molecule has 1 amide bonds. The number of hydrogen-bond donors (Lipinski definition) is 2. The second-order valence-corrected chi connectivity index (χ2v) is 7.01. The predicted molar refractivity (Wildman–Crippen MR) is 85.2 cm³/mol. The van der Waals surface area contributed by atoms with Crippen molar-refractivity contribution in [1.29, 1.82) is 0 Å². The molecule has 140 valence electrons. The molecule has 0 radical (unpaired) electrons. The standard InChI is InChI=1S/C16H24F3N5O/c1-10-14(22-23-24(10)13-6-8-20-9-7-13)15(25)21-12-4-2-11(3-5-12)16(17,18)19/h11-13,20H,2-9H2,1H3,(H,21,25). The van der Waals surface area contributed by atoms with Crippen LogP contribution in [0.25, 0.3) is 0 Å². The van der Waals surface area contributed by atoms with Crippen molar-refractivity contribution in [2.75, 3.05) is 13.1 Å². The first-order valence-electron chi connectivity index (χ1n) is 8.86. The summed E-state index contributed by atoms with van der Waals surface area (Å²) < 4.78 is 39.9. The van der Waals surface area contributed by atoms with Gasteiger partial charge in [-0.05, 0) is 58.5 Å². The van der Waals surface area contributed by atoms with Gasteiger partial charge in [-0.2, -0.15) is 13.2 Å². The third-order valence-electron chi connectivity index (χ3n) is 5.32. The zero-order chi connectivity index (χ0) is 18.0. The van der Waals surface area contributed by atoms with Crippen molar-refractivity contribution < 1.29 is 18.0 Å². The molecule has 2 heterocycles. The second-order valence-electron chi connectivity index (χ2n) is 7.01. The van der Waals surface area contributed by atoms with Crippen molar-refractivity contribution in [1.82, 2.24) is 25.6 Å². The molecule has 1 aromatic rings. The Balaban J connectivity index is 1.58. The average Bonchev–Trinajstić information content (AvgIpc) is 2.97. The fraction of sp³-hybridized carbons (Fsp3) is 0.812.